The van der Waals surface area contributed by atoms with Crippen molar-refractivity contribution in [3.05, 3.63) is 88.5 Å². The van der Waals surface area contributed by atoms with Crippen molar-refractivity contribution in [3.8, 4) is 11.8 Å². The third-order valence-electron chi connectivity index (χ3n) is 10.9. The van der Waals surface area contributed by atoms with Crippen molar-refractivity contribution in [2.45, 2.75) is 63.6 Å². The van der Waals surface area contributed by atoms with Gasteiger partial charge in [0.25, 0.3) is 5.91 Å². The molecule has 1 unspecified atom stereocenters. The first-order chi connectivity index (χ1) is 26.4. The number of nitrogens with zero attached hydrogens (tertiary/aromatic N) is 5. The minimum atomic E-state index is -4.57. The molecule has 290 valence electrons. The van der Waals surface area contributed by atoms with Crippen LogP contribution in [0.3, 0.4) is 0 Å². The van der Waals surface area contributed by atoms with Crippen molar-refractivity contribution in [2.24, 2.45) is 0 Å². The zero-order valence-corrected chi connectivity index (χ0v) is 30.8. The van der Waals surface area contributed by atoms with Gasteiger partial charge in [0.15, 0.2) is 0 Å². The summed E-state index contributed by atoms with van der Waals surface area (Å²) >= 11 is 0. The minimum Gasteiger partial charge on any atom is -0.494 e. The molecule has 0 bridgehead atoms. The average molecular weight is 759 g/mol. The van der Waals surface area contributed by atoms with Gasteiger partial charge in [0, 0.05) is 62.6 Å². The van der Waals surface area contributed by atoms with Crippen LogP contribution < -0.4 is 19.9 Å². The normalized spacial score (nSPS) is 18.4. The highest BCUT2D eigenvalue weighted by Gasteiger charge is 2.36. The van der Waals surface area contributed by atoms with Crippen LogP contribution in [0, 0.1) is 18.3 Å². The lowest BCUT2D eigenvalue weighted by molar-refractivity contribution is -0.139. The van der Waals surface area contributed by atoms with Crippen molar-refractivity contribution < 1.29 is 37.1 Å². The van der Waals surface area contributed by atoms with Crippen molar-refractivity contribution in [1.29, 1.82) is 5.26 Å². The van der Waals surface area contributed by atoms with Crippen molar-refractivity contribution in [2.75, 3.05) is 62.2 Å². The predicted octanol–water partition coefficient (Wildman–Crippen LogP) is 5.65. The number of aryl methyl sites for hydroxylation is 1. The lowest BCUT2D eigenvalue weighted by atomic mass is 9.89. The van der Waals surface area contributed by atoms with E-state index in [1.807, 2.05) is 29.2 Å². The number of imide groups is 2. The molecule has 0 aliphatic carbocycles. The van der Waals surface area contributed by atoms with Gasteiger partial charge in [-0.1, -0.05) is 18.2 Å². The summed E-state index contributed by atoms with van der Waals surface area (Å²) in [6.45, 7) is 7.85. The van der Waals surface area contributed by atoms with E-state index in [1.165, 1.54) is 11.6 Å². The summed E-state index contributed by atoms with van der Waals surface area (Å²) < 4.78 is 46.4. The third-order valence-corrected chi connectivity index (χ3v) is 10.9. The van der Waals surface area contributed by atoms with Crippen LogP contribution in [-0.4, -0.2) is 92.4 Å². The molecule has 6 rings (SSSR count). The van der Waals surface area contributed by atoms with E-state index >= 15 is 0 Å². The Balaban J connectivity index is 0.902. The highest BCUT2D eigenvalue weighted by Crippen LogP contribution is 2.37. The summed E-state index contributed by atoms with van der Waals surface area (Å²) in [5, 5.41) is 11.3. The Morgan fingerprint density at radius 2 is 1.60 bits per heavy atom. The number of ether oxygens (including phenoxy) is 1. The number of amides is 4. The Morgan fingerprint density at radius 1 is 0.927 bits per heavy atom. The number of rotatable bonds is 12. The second kappa shape index (κ2) is 17.4. The first-order valence-corrected chi connectivity index (χ1v) is 18.7. The molecule has 3 aliphatic heterocycles. The van der Waals surface area contributed by atoms with E-state index in [0.29, 0.717) is 48.8 Å². The van der Waals surface area contributed by atoms with Crippen LogP contribution in [0.2, 0.25) is 0 Å². The van der Waals surface area contributed by atoms with E-state index in [0.717, 1.165) is 80.8 Å². The van der Waals surface area contributed by atoms with Gasteiger partial charge in [-0.05, 0) is 105 Å². The largest absolute Gasteiger partial charge is 0.494 e. The quantitative estimate of drug-likeness (QED) is 0.142. The minimum absolute atomic E-state index is 0.0651. The molecule has 3 aromatic carbocycles. The molecule has 1 atom stereocenters. The lowest BCUT2D eigenvalue weighted by Gasteiger charge is -2.36. The highest BCUT2D eigenvalue weighted by atomic mass is 19.4. The second-order valence-corrected chi connectivity index (χ2v) is 14.3. The monoisotopic (exact) mass is 758 g/mol. The van der Waals surface area contributed by atoms with E-state index < -0.39 is 35.5 Å². The first kappa shape index (κ1) is 39.3. The molecule has 0 aromatic heterocycles. The maximum atomic E-state index is 13.5. The molecule has 0 spiro atoms. The van der Waals surface area contributed by atoms with Crippen molar-refractivity contribution in [1.82, 2.24) is 15.1 Å². The topological polar surface area (TPSA) is 126 Å². The molecule has 4 amide bonds. The number of alkyl halides is 3. The van der Waals surface area contributed by atoms with Gasteiger partial charge < -0.3 is 14.5 Å². The second-order valence-electron chi connectivity index (χ2n) is 14.3. The zero-order chi connectivity index (χ0) is 39.1. The third kappa shape index (κ3) is 9.46. The van der Waals surface area contributed by atoms with Crippen molar-refractivity contribution in [3.63, 3.8) is 0 Å². The van der Waals surface area contributed by atoms with E-state index in [9.17, 15) is 32.3 Å². The molecule has 14 heteroatoms. The van der Waals surface area contributed by atoms with Crippen molar-refractivity contribution >= 4 is 35.5 Å². The summed E-state index contributed by atoms with van der Waals surface area (Å²) in [7, 11) is 0. The molecule has 55 heavy (non-hydrogen) atoms. The Bertz CT molecular complexity index is 1910. The number of benzene rings is 3. The van der Waals surface area contributed by atoms with Crippen LogP contribution in [0.15, 0.2) is 60.7 Å². The van der Waals surface area contributed by atoms with Gasteiger partial charge in [0.05, 0.1) is 23.8 Å². The van der Waals surface area contributed by atoms with Gasteiger partial charge in [-0.3, -0.25) is 34.3 Å². The number of unbranched alkanes of at least 4 members (excludes halogenated alkanes) is 1. The van der Waals surface area contributed by atoms with Gasteiger partial charge in [-0.15, -0.1) is 0 Å². The fraction of sp³-hybridized carbons (Fsp3) is 0.439. The Morgan fingerprint density at radius 3 is 2.25 bits per heavy atom. The van der Waals surface area contributed by atoms with E-state index in [-0.39, 0.29) is 18.4 Å². The van der Waals surface area contributed by atoms with Crippen LogP contribution in [0.25, 0.3) is 0 Å². The van der Waals surface area contributed by atoms with Gasteiger partial charge >= 0.3 is 6.18 Å². The maximum absolute atomic E-state index is 13.5. The molecule has 3 aliphatic rings. The summed E-state index contributed by atoms with van der Waals surface area (Å²) in [6, 6.07) is 18.2. The van der Waals surface area contributed by atoms with Crippen LogP contribution >= 0.6 is 0 Å². The molecule has 0 radical (unpaired) electrons. The predicted molar refractivity (Wildman–Crippen MR) is 200 cm³/mol. The van der Waals surface area contributed by atoms with E-state index in [4.69, 9.17) is 10.00 Å². The Kier molecular flexibility index (Phi) is 12.4. The van der Waals surface area contributed by atoms with Gasteiger partial charge in [-0.2, -0.15) is 18.4 Å². The lowest BCUT2D eigenvalue weighted by Crippen LogP contribution is -2.54. The van der Waals surface area contributed by atoms with Gasteiger partial charge in [0.2, 0.25) is 18.2 Å². The van der Waals surface area contributed by atoms with Crippen LogP contribution in [0.5, 0.6) is 5.75 Å². The summed E-state index contributed by atoms with van der Waals surface area (Å²) in [6.07, 6.45) is -0.536. The SMILES string of the molecule is Cc1ccc(N2CCN(CCCCOc3ccc(C4CCN(c5ccc(C#N)c(C(F)(F)F)c5)CC4)cc3)CC2)cc1C(=O)N(C=O)C1CCC(=O)NC1=O. The Hall–Kier alpha value is -5.42. The van der Waals surface area contributed by atoms with Crippen LogP contribution in [-0.2, 0) is 20.6 Å². The smallest absolute Gasteiger partial charge is 0.417 e. The summed E-state index contributed by atoms with van der Waals surface area (Å²) in [5.74, 6) is -0.513. The van der Waals surface area contributed by atoms with E-state index in [2.05, 4.69) is 27.2 Å². The number of nitriles is 1. The number of hydrogen-bond acceptors (Lipinski definition) is 9. The number of hydrogen-bond donors (Lipinski definition) is 1. The van der Waals surface area contributed by atoms with Gasteiger partial charge in [-0.25, -0.2) is 0 Å². The molecular formula is C41H45F3N6O5. The van der Waals surface area contributed by atoms with Crippen LogP contribution in [0.1, 0.15) is 77.1 Å². The fourth-order valence-electron chi connectivity index (χ4n) is 7.61. The summed E-state index contributed by atoms with van der Waals surface area (Å²) in [5.41, 5.74) is 2.33. The number of piperazine rings is 1. The van der Waals surface area contributed by atoms with E-state index in [1.54, 1.807) is 25.1 Å². The van der Waals surface area contributed by atoms with Crippen LogP contribution in [0.4, 0.5) is 24.5 Å². The molecule has 3 fully saturated rings. The number of carbonyl (C=O) groups excluding carboxylic acids is 4. The molecule has 3 heterocycles. The fourth-order valence-corrected chi connectivity index (χ4v) is 7.61. The number of halogens is 3. The molecule has 3 aromatic rings. The number of piperidine rings is 2. The molecular weight excluding hydrogens is 713 g/mol. The number of nitrogens with one attached hydrogen (secondary N) is 1. The zero-order valence-electron chi connectivity index (χ0n) is 30.8. The highest BCUT2D eigenvalue weighted by molar-refractivity contribution is 6.07. The standard InChI is InChI=1S/C41H45F3N6O5/c1-28-4-8-32(24-35(28)40(54)50(27-51)37-12-13-38(52)46-39(37)53)49-21-19-47(20-22-49)16-2-3-23-55-34-10-6-29(7-11-34)30-14-17-48(18-15-30)33-9-5-31(26-45)36(25-33)41(42,43)44/h4-11,24-25,27,30,37H,2-3,12-23H2,1H3,(H,46,52,53). The van der Waals surface area contributed by atoms with Gasteiger partial charge in [0.1, 0.15) is 11.8 Å². The average Bonchev–Trinajstić information content (AvgIpc) is 3.19. The Labute approximate surface area is 318 Å². The summed E-state index contributed by atoms with van der Waals surface area (Å²) in [4.78, 5) is 56.7. The molecule has 1 N–H and O–H groups in total. The number of anilines is 2. The number of carbonyl (C=O) groups is 4. The maximum Gasteiger partial charge on any atom is 0.417 e. The molecule has 3 saturated heterocycles. The first-order valence-electron chi connectivity index (χ1n) is 18.7. The molecule has 11 nitrogen and oxygen atoms in total. The molecule has 0 saturated carbocycles.